The standard InChI is InChI=1S/C13H24O4S/c1-3-4-10-18(15,16)11-13(12(14)17-2)8-6-5-7-9-13/h3-11H2,1-2H3. The minimum atomic E-state index is -3.16. The van der Waals surface area contributed by atoms with Crippen LogP contribution in [0.4, 0.5) is 0 Å². The molecule has 0 spiro atoms. The maximum absolute atomic E-state index is 12.1. The van der Waals surface area contributed by atoms with Crippen LogP contribution in [0.5, 0.6) is 0 Å². The lowest BCUT2D eigenvalue weighted by atomic mass is 9.75. The number of ether oxygens (including phenoxy) is 1. The van der Waals surface area contributed by atoms with E-state index >= 15 is 0 Å². The molecule has 5 heteroatoms. The zero-order valence-corrected chi connectivity index (χ0v) is 12.2. The zero-order valence-electron chi connectivity index (χ0n) is 11.4. The van der Waals surface area contributed by atoms with Crippen LogP contribution in [0, 0.1) is 5.41 Å². The molecule has 0 bridgehead atoms. The first-order valence-electron chi connectivity index (χ1n) is 6.74. The molecule has 0 atom stereocenters. The summed E-state index contributed by atoms with van der Waals surface area (Å²) >= 11 is 0. The van der Waals surface area contributed by atoms with Crippen molar-refractivity contribution in [2.24, 2.45) is 5.41 Å². The van der Waals surface area contributed by atoms with Gasteiger partial charge in [-0.25, -0.2) is 8.42 Å². The van der Waals surface area contributed by atoms with Gasteiger partial charge in [0, 0.05) is 0 Å². The fraction of sp³-hybridized carbons (Fsp3) is 0.923. The van der Waals surface area contributed by atoms with E-state index in [1.165, 1.54) is 7.11 Å². The molecule has 0 aliphatic heterocycles. The van der Waals surface area contributed by atoms with Gasteiger partial charge in [0.25, 0.3) is 0 Å². The average Bonchev–Trinajstić information content (AvgIpc) is 2.36. The summed E-state index contributed by atoms with van der Waals surface area (Å²) in [6.07, 6.45) is 5.71. The molecule has 0 saturated heterocycles. The quantitative estimate of drug-likeness (QED) is 0.699. The number of sulfone groups is 1. The molecular formula is C13H24O4S. The first-order valence-corrected chi connectivity index (χ1v) is 8.57. The van der Waals surface area contributed by atoms with Gasteiger partial charge in [-0.15, -0.1) is 0 Å². The van der Waals surface area contributed by atoms with E-state index in [0.717, 1.165) is 25.7 Å². The molecule has 0 aromatic rings. The third-order valence-corrected chi connectivity index (χ3v) is 5.64. The molecule has 1 fully saturated rings. The Labute approximate surface area is 110 Å². The van der Waals surface area contributed by atoms with Gasteiger partial charge in [0.05, 0.1) is 24.0 Å². The monoisotopic (exact) mass is 276 g/mol. The van der Waals surface area contributed by atoms with E-state index in [-0.39, 0.29) is 17.5 Å². The maximum atomic E-state index is 12.1. The van der Waals surface area contributed by atoms with Crippen molar-refractivity contribution in [1.82, 2.24) is 0 Å². The minimum Gasteiger partial charge on any atom is -0.469 e. The number of rotatable bonds is 6. The summed E-state index contributed by atoms with van der Waals surface area (Å²) in [5, 5.41) is 0. The molecule has 106 valence electrons. The molecule has 18 heavy (non-hydrogen) atoms. The summed E-state index contributed by atoms with van der Waals surface area (Å²) in [4.78, 5) is 12.0. The smallest absolute Gasteiger partial charge is 0.312 e. The van der Waals surface area contributed by atoms with E-state index in [0.29, 0.717) is 19.3 Å². The van der Waals surface area contributed by atoms with Gasteiger partial charge in [-0.3, -0.25) is 4.79 Å². The Balaban J connectivity index is 2.81. The predicted molar refractivity (Wildman–Crippen MR) is 71.1 cm³/mol. The van der Waals surface area contributed by atoms with Crippen LogP contribution in [-0.2, 0) is 19.4 Å². The minimum absolute atomic E-state index is 0.0350. The first-order chi connectivity index (χ1) is 8.46. The van der Waals surface area contributed by atoms with Crippen LogP contribution in [-0.4, -0.2) is 33.0 Å². The Bertz CT molecular complexity index is 366. The Hall–Kier alpha value is -0.580. The zero-order chi connectivity index (χ0) is 13.6. The molecular weight excluding hydrogens is 252 g/mol. The van der Waals surface area contributed by atoms with E-state index < -0.39 is 15.3 Å². The van der Waals surface area contributed by atoms with Crippen molar-refractivity contribution in [3.8, 4) is 0 Å². The molecule has 0 aromatic heterocycles. The van der Waals surface area contributed by atoms with E-state index in [4.69, 9.17) is 4.74 Å². The largest absolute Gasteiger partial charge is 0.469 e. The van der Waals surface area contributed by atoms with Crippen LogP contribution in [0.15, 0.2) is 0 Å². The highest BCUT2D eigenvalue weighted by molar-refractivity contribution is 7.91. The lowest BCUT2D eigenvalue weighted by Gasteiger charge is -2.34. The van der Waals surface area contributed by atoms with Crippen LogP contribution in [0.3, 0.4) is 0 Å². The molecule has 0 aromatic carbocycles. The van der Waals surface area contributed by atoms with Crippen molar-refractivity contribution in [3.05, 3.63) is 0 Å². The summed E-state index contributed by atoms with van der Waals surface area (Å²) in [7, 11) is -1.81. The maximum Gasteiger partial charge on any atom is 0.312 e. The van der Waals surface area contributed by atoms with Gasteiger partial charge >= 0.3 is 5.97 Å². The average molecular weight is 276 g/mol. The number of carbonyl (C=O) groups is 1. The SMILES string of the molecule is CCCCS(=O)(=O)CC1(C(=O)OC)CCCCC1. The van der Waals surface area contributed by atoms with E-state index in [1.54, 1.807) is 0 Å². The molecule has 1 aliphatic rings. The second-order valence-corrected chi connectivity index (χ2v) is 7.46. The second-order valence-electron chi connectivity index (χ2n) is 5.28. The predicted octanol–water partition coefficient (Wildman–Crippen LogP) is 2.32. The van der Waals surface area contributed by atoms with Gasteiger partial charge < -0.3 is 4.74 Å². The van der Waals surface area contributed by atoms with Crippen molar-refractivity contribution in [2.75, 3.05) is 18.6 Å². The second kappa shape index (κ2) is 6.55. The first kappa shape index (κ1) is 15.5. The van der Waals surface area contributed by atoms with Crippen molar-refractivity contribution in [1.29, 1.82) is 0 Å². The fourth-order valence-electron chi connectivity index (χ4n) is 2.71. The van der Waals surface area contributed by atoms with Gasteiger partial charge in [-0.2, -0.15) is 0 Å². The fourth-order valence-corrected chi connectivity index (χ4v) is 4.83. The molecule has 0 N–H and O–H groups in total. The third kappa shape index (κ3) is 3.97. The molecule has 0 heterocycles. The molecule has 0 unspecified atom stereocenters. The summed E-state index contributed by atoms with van der Waals surface area (Å²) in [5.41, 5.74) is -0.778. The summed E-state index contributed by atoms with van der Waals surface area (Å²) in [6, 6.07) is 0. The molecule has 1 saturated carbocycles. The summed E-state index contributed by atoms with van der Waals surface area (Å²) in [6.45, 7) is 1.96. The third-order valence-electron chi connectivity index (χ3n) is 3.73. The number of carbonyl (C=O) groups excluding carboxylic acids is 1. The van der Waals surface area contributed by atoms with E-state index in [9.17, 15) is 13.2 Å². The van der Waals surface area contributed by atoms with Gasteiger partial charge in [-0.1, -0.05) is 32.6 Å². The normalized spacial score (nSPS) is 19.4. The van der Waals surface area contributed by atoms with Crippen LogP contribution in [0.1, 0.15) is 51.9 Å². The molecule has 1 rings (SSSR count). The number of methoxy groups -OCH3 is 1. The van der Waals surface area contributed by atoms with Crippen LogP contribution < -0.4 is 0 Å². The highest BCUT2D eigenvalue weighted by Crippen LogP contribution is 2.38. The Morgan fingerprint density at radius 2 is 1.83 bits per heavy atom. The van der Waals surface area contributed by atoms with Gasteiger partial charge in [0.1, 0.15) is 0 Å². The van der Waals surface area contributed by atoms with Crippen LogP contribution >= 0.6 is 0 Å². The highest BCUT2D eigenvalue weighted by Gasteiger charge is 2.43. The number of unbranched alkanes of at least 4 members (excludes halogenated alkanes) is 1. The van der Waals surface area contributed by atoms with Crippen molar-refractivity contribution in [2.45, 2.75) is 51.9 Å². The molecule has 0 radical (unpaired) electrons. The highest BCUT2D eigenvalue weighted by atomic mass is 32.2. The Kier molecular flexibility index (Phi) is 5.63. The van der Waals surface area contributed by atoms with Crippen molar-refractivity contribution in [3.63, 3.8) is 0 Å². The van der Waals surface area contributed by atoms with Crippen molar-refractivity contribution < 1.29 is 17.9 Å². The lowest BCUT2D eigenvalue weighted by Crippen LogP contribution is -2.41. The number of esters is 1. The lowest BCUT2D eigenvalue weighted by molar-refractivity contribution is -0.153. The van der Waals surface area contributed by atoms with Gasteiger partial charge in [-0.05, 0) is 19.3 Å². The summed E-state index contributed by atoms with van der Waals surface area (Å²) < 4.78 is 29.0. The van der Waals surface area contributed by atoms with Crippen LogP contribution in [0.2, 0.25) is 0 Å². The molecule has 1 aliphatic carbocycles. The van der Waals surface area contributed by atoms with Crippen LogP contribution in [0.25, 0.3) is 0 Å². The summed E-state index contributed by atoms with van der Waals surface area (Å²) in [5.74, 6) is -0.197. The number of hydrogen-bond donors (Lipinski definition) is 0. The Morgan fingerprint density at radius 1 is 1.22 bits per heavy atom. The van der Waals surface area contributed by atoms with Gasteiger partial charge in [0.15, 0.2) is 9.84 Å². The molecule has 0 amide bonds. The van der Waals surface area contributed by atoms with E-state index in [1.807, 2.05) is 6.92 Å². The van der Waals surface area contributed by atoms with Gasteiger partial charge in [0.2, 0.25) is 0 Å². The topological polar surface area (TPSA) is 60.4 Å². The van der Waals surface area contributed by atoms with E-state index in [2.05, 4.69) is 0 Å². The Morgan fingerprint density at radius 3 is 2.33 bits per heavy atom. The number of hydrogen-bond acceptors (Lipinski definition) is 4. The molecule has 4 nitrogen and oxygen atoms in total. The van der Waals surface area contributed by atoms with Crippen molar-refractivity contribution >= 4 is 15.8 Å².